The van der Waals surface area contributed by atoms with Gasteiger partial charge in [-0.25, -0.2) is 4.98 Å². The fraction of sp³-hybridized carbons (Fsp3) is 0.455. The molecule has 1 aromatic rings. The average molecular weight is 243 g/mol. The van der Waals surface area contributed by atoms with Gasteiger partial charge >= 0.3 is 6.18 Å². The molecule has 3 nitrogen and oxygen atoms in total. The molecule has 1 rings (SSSR count). The number of nitrogens with zero attached hydrogens (tertiary/aromatic N) is 2. The van der Waals surface area contributed by atoms with E-state index >= 15 is 0 Å². The van der Waals surface area contributed by atoms with Crippen LogP contribution in [0.25, 0.3) is 0 Å². The van der Waals surface area contributed by atoms with Gasteiger partial charge in [-0.1, -0.05) is 0 Å². The molecule has 0 aliphatic heterocycles. The second kappa shape index (κ2) is 5.04. The number of alkyl halides is 3. The second-order valence-electron chi connectivity index (χ2n) is 3.86. The summed E-state index contributed by atoms with van der Waals surface area (Å²) < 4.78 is 36.4. The van der Waals surface area contributed by atoms with Gasteiger partial charge in [0.05, 0.1) is 18.1 Å². The first-order chi connectivity index (χ1) is 7.80. The van der Waals surface area contributed by atoms with Crippen molar-refractivity contribution in [1.82, 2.24) is 4.98 Å². The highest BCUT2D eigenvalue weighted by Gasteiger charge is 2.30. The van der Waals surface area contributed by atoms with Crippen molar-refractivity contribution in [1.29, 1.82) is 5.26 Å². The van der Waals surface area contributed by atoms with Gasteiger partial charge in [0.25, 0.3) is 0 Å². The summed E-state index contributed by atoms with van der Waals surface area (Å²) >= 11 is 0. The van der Waals surface area contributed by atoms with Crippen LogP contribution in [-0.4, -0.2) is 17.2 Å². The fourth-order valence-corrected chi connectivity index (χ4v) is 1.46. The molecule has 0 bridgehead atoms. The smallest absolute Gasteiger partial charge is 0.367 e. The van der Waals surface area contributed by atoms with Crippen LogP contribution in [0.15, 0.2) is 12.1 Å². The lowest BCUT2D eigenvalue weighted by Crippen LogP contribution is -2.24. The lowest BCUT2D eigenvalue weighted by Gasteiger charge is -2.16. The zero-order chi connectivity index (χ0) is 13.1. The third-order valence-electron chi connectivity index (χ3n) is 2.01. The molecule has 0 aliphatic rings. The third-order valence-corrected chi connectivity index (χ3v) is 2.01. The monoisotopic (exact) mass is 243 g/mol. The molecule has 1 N–H and O–H groups in total. The van der Waals surface area contributed by atoms with Crippen molar-refractivity contribution in [3.8, 4) is 6.07 Å². The Bertz CT molecular complexity index is 435. The number of hydrogen-bond acceptors (Lipinski definition) is 3. The van der Waals surface area contributed by atoms with Gasteiger partial charge in [-0.2, -0.15) is 18.4 Å². The number of nitriles is 1. The van der Waals surface area contributed by atoms with Crippen LogP contribution in [0.2, 0.25) is 0 Å². The van der Waals surface area contributed by atoms with Gasteiger partial charge in [0.2, 0.25) is 0 Å². The molecule has 0 aliphatic carbocycles. The van der Waals surface area contributed by atoms with Crippen molar-refractivity contribution in [2.45, 2.75) is 32.5 Å². The molecule has 1 unspecified atom stereocenters. The van der Waals surface area contributed by atoms with Crippen molar-refractivity contribution >= 4 is 5.82 Å². The van der Waals surface area contributed by atoms with Gasteiger partial charge in [-0.3, -0.25) is 0 Å². The Morgan fingerprint density at radius 2 is 2.12 bits per heavy atom. The largest absolute Gasteiger partial charge is 0.391 e. The van der Waals surface area contributed by atoms with Crippen LogP contribution < -0.4 is 5.32 Å². The van der Waals surface area contributed by atoms with Crippen LogP contribution in [-0.2, 0) is 0 Å². The molecule has 0 aromatic carbocycles. The van der Waals surface area contributed by atoms with Gasteiger partial charge in [0, 0.05) is 11.7 Å². The Balaban J connectivity index is 2.75. The summed E-state index contributed by atoms with van der Waals surface area (Å²) in [6, 6.07) is 4.15. The molecule has 0 radical (unpaired) electrons. The van der Waals surface area contributed by atoms with Gasteiger partial charge in [-0.05, 0) is 26.0 Å². The summed E-state index contributed by atoms with van der Waals surface area (Å²) in [6.07, 6.45) is -5.15. The highest BCUT2D eigenvalue weighted by Crippen LogP contribution is 2.23. The number of halogens is 3. The molecular formula is C11H12F3N3. The van der Waals surface area contributed by atoms with E-state index in [1.165, 1.54) is 13.0 Å². The predicted molar refractivity (Wildman–Crippen MR) is 57.4 cm³/mol. The minimum Gasteiger partial charge on any atom is -0.367 e. The Kier molecular flexibility index (Phi) is 3.94. The van der Waals surface area contributed by atoms with E-state index < -0.39 is 18.6 Å². The van der Waals surface area contributed by atoms with Crippen LogP contribution >= 0.6 is 0 Å². The van der Waals surface area contributed by atoms with E-state index in [1.807, 2.05) is 6.07 Å². The zero-order valence-electron chi connectivity index (χ0n) is 9.47. The molecule has 1 aromatic heterocycles. The van der Waals surface area contributed by atoms with Gasteiger partial charge in [0.1, 0.15) is 5.82 Å². The normalized spacial score (nSPS) is 12.9. The molecule has 0 amide bonds. The summed E-state index contributed by atoms with van der Waals surface area (Å²) in [6.45, 7) is 3.10. The summed E-state index contributed by atoms with van der Waals surface area (Å²) in [7, 11) is 0. The number of aromatic nitrogens is 1. The highest BCUT2D eigenvalue weighted by molar-refractivity contribution is 5.44. The second-order valence-corrected chi connectivity index (χ2v) is 3.86. The van der Waals surface area contributed by atoms with Crippen LogP contribution in [0.3, 0.4) is 0 Å². The average Bonchev–Trinajstić information content (AvgIpc) is 2.13. The van der Waals surface area contributed by atoms with Crippen LogP contribution in [0.5, 0.6) is 0 Å². The number of anilines is 1. The van der Waals surface area contributed by atoms with E-state index in [1.54, 1.807) is 13.0 Å². The lowest BCUT2D eigenvalue weighted by molar-refractivity contribution is -0.136. The minimum absolute atomic E-state index is 0.290. The quantitative estimate of drug-likeness (QED) is 0.887. The maximum atomic E-state index is 12.1. The zero-order valence-corrected chi connectivity index (χ0v) is 9.47. The molecule has 6 heteroatoms. The first-order valence-electron chi connectivity index (χ1n) is 5.02. The fourth-order valence-electron chi connectivity index (χ4n) is 1.46. The number of nitrogens with one attached hydrogen (secondary N) is 1. The number of rotatable bonds is 3. The number of pyridine rings is 1. The predicted octanol–water partition coefficient (Wildman–Crippen LogP) is 3.01. The molecule has 0 saturated carbocycles. The van der Waals surface area contributed by atoms with Crippen molar-refractivity contribution in [2.24, 2.45) is 0 Å². The topological polar surface area (TPSA) is 48.7 Å². The summed E-state index contributed by atoms with van der Waals surface area (Å²) in [5.41, 5.74) is 0.963. The van der Waals surface area contributed by atoms with E-state index in [0.29, 0.717) is 17.1 Å². The summed E-state index contributed by atoms with van der Waals surface area (Å²) in [5.74, 6) is 0.290. The van der Waals surface area contributed by atoms with E-state index in [0.717, 1.165) is 0 Å². The van der Waals surface area contributed by atoms with Crippen molar-refractivity contribution in [3.05, 3.63) is 23.4 Å². The molecular weight excluding hydrogens is 231 g/mol. The Morgan fingerprint density at radius 3 is 2.65 bits per heavy atom. The lowest BCUT2D eigenvalue weighted by atomic mass is 10.2. The molecule has 92 valence electrons. The Morgan fingerprint density at radius 1 is 1.47 bits per heavy atom. The Labute approximate surface area is 97.3 Å². The molecule has 1 heterocycles. The van der Waals surface area contributed by atoms with Crippen molar-refractivity contribution in [2.75, 3.05) is 5.32 Å². The number of aryl methyl sites for hydroxylation is 1. The van der Waals surface area contributed by atoms with Crippen LogP contribution in [0, 0.1) is 18.3 Å². The minimum atomic E-state index is -4.21. The first kappa shape index (κ1) is 13.3. The van der Waals surface area contributed by atoms with E-state index in [4.69, 9.17) is 5.26 Å². The van der Waals surface area contributed by atoms with Crippen LogP contribution in [0.4, 0.5) is 19.0 Å². The van der Waals surface area contributed by atoms with Crippen LogP contribution in [0.1, 0.15) is 24.6 Å². The van der Waals surface area contributed by atoms with Crippen molar-refractivity contribution in [3.63, 3.8) is 0 Å². The highest BCUT2D eigenvalue weighted by atomic mass is 19.4. The first-order valence-corrected chi connectivity index (χ1v) is 5.02. The molecule has 0 fully saturated rings. The van der Waals surface area contributed by atoms with Gasteiger partial charge in [0.15, 0.2) is 0 Å². The van der Waals surface area contributed by atoms with E-state index in [2.05, 4.69) is 10.3 Å². The maximum Gasteiger partial charge on any atom is 0.391 e. The summed E-state index contributed by atoms with van der Waals surface area (Å²) in [5, 5.41) is 11.4. The number of hydrogen-bond donors (Lipinski definition) is 1. The van der Waals surface area contributed by atoms with Crippen molar-refractivity contribution < 1.29 is 13.2 Å². The Hall–Kier alpha value is -1.77. The maximum absolute atomic E-state index is 12.1. The van der Waals surface area contributed by atoms with E-state index in [9.17, 15) is 13.2 Å². The van der Waals surface area contributed by atoms with Gasteiger partial charge in [-0.15, -0.1) is 0 Å². The van der Waals surface area contributed by atoms with Gasteiger partial charge < -0.3 is 5.32 Å². The third kappa shape index (κ3) is 4.72. The molecule has 17 heavy (non-hydrogen) atoms. The molecule has 0 spiro atoms. The summed E-state index contributed by atoms with van der Waals surface area (Å²) in [4.78, 5) is 4.02. The SMILES string of the molecule is Cc1cc(C#N)cc(NC(C)CC(F)(F)F)n1. The molecule has 0 saturated heterocycles. The standard InChI is InChI=1S/C11H12F3N3/c1-7-3-9(6-15)4-10(16-7)17-8(2)5-11(12,13)14/h3-4,8H,5H2,1-2H3,(H,16,17). The molecule has 1 atom stereocenters. The van der Waals surface area contributed by atoms with E-state index in [-0.39, 0.29) is 0 Å².